The normalized spacial score (nSPS) is 30.3. The summed E-state index contributed by atoms with van der Waals surface area (Å²) in [6.07, 6.45) is 0.359. The van der Waals surface area contributed by atoms with E-state index in [9.17, 15) is 8.42 Å². The fraction of sp³-hybridized carbons (Fsp3) is 0.800. The first-order chi connectivity index (χ1) is 6.31. The van der Waals surface area contributed by atoms with Gasteiger partial charge in [-0.05, 0) is 0 Å². The maximum atomic E-state index is 10.7. The summed E-state index contributed by atoms with van der Waals surface area (Å²) < 4.78 is 46.0. The third-order valence-electron chi connectivity index (χ3n) is 1.67. The summed E-state index contributed by atoms with van der Waals surface area (Å²) in [5.41, 5.74) is 4.30. The van der Waals surface area contributed by atoms with Crippen molar-refractivity contribution in [3.8, 4) is 0 Å². The second kappa shape index (κ2) is 5.41. The topological polar surface area (TPSA) is 116 Å². The van der Waals surface area contributed by atoms with Gasteiger partial charge in [-0.15, -0.1) is 0 Å². The van der Waals surface area contributed by atoms with Gasteiger partial charge in [-0.2, -0.15) is 8.42 Å². The van der Waals surface area contributed by atoms with E-state index in [2.05, 4.69) is 8.37 Å². The fourth-order valence-electron chi connectivity index (χ4n) is 0.715. The summed E-state index contributed by atoms with van der Waals surface area (Å²) in [5.74, 6) is 0. The molecule has 0 amide bonds. The molecule has 1 atom stereocenters. The second-order valence-electron chi connectivity index (χ2n) is 2.61. The zero-order chi connectivity index (χ0) is 11.4. The van der Waals surface area contributed by atoms with Crippen LogP contribution < -0.4 is 5.73 Å². The van der Waals surface area contributed by atoms with Gasteiger partial charge in [0.15, 0.2) is 0 Å². The first-order valence-electron chi connectivity index (χ1n) is 3.60. The number of nitrogens with two attached hydrogens (primary N) is 1. The molecule has 14 heavy (non-hydrogen) atoms. The minimum absolute atomic E-state index is 0.0972. The van der Waals surface area contributed by atoms with Crippen LogP contribution in [0.25, 0.3) is 0 Å². The summed E-state index contributed by atoms with van der Waals surface area (Å²) >= 11 is -1.75. The van der Waals surface area contributed by atoms with Gasteiger partial charge in [0.2, 0.25) is 0 Å². The molecule has 0 aromatic carbocycles. The summed E-state index contributed by atoms with van der Waals surface area (Å²) in [5, 5.41) is 0. The molecule has 0 radical (unpaired) electrons. The fourth-order valence-corrected chi connectivity index (χ4v) is 1.80. The van der Waals surface area contributed by atoms with Gasteiger partial charge in [0.05, 0.1) is 0 Å². The zero-order valence-corrected chi connectivity index (χ0v) is 10.1. The van der Waals surface area contributed by atoms with E-state index in [1.807, 2.05) is 0 Å². The summed E-state index contributed by atoms with van der Waals surface area (Å²) in [4.78, 5) is 0. The molecule has 83 valence electrons. The van der Waals surface area contributed by atoms with Gasteiger partial charge in [-0.1, -0.05) is 26.5 Å². The van der Waals surface area contributed by atoms with Crippen LogP contribution in [0.2, 0.25) is 0 Å². The van der Waals surface area contributed by atoms with Crippen LogP contribution in [0.5, 0.6) is 0 Å². The average molecular weight is 261 g/mol. The molecule has 0 aromatic rings. The maximum absolute atomic E-state index is 10.7. The molecule has 1 fully saturated rings. The van der Waals surface area contributed by atoms with Crippen LogP contribution in [0.15, 0.2) is 0 Å². The van der Waals surface area contributed by atoms with E-state index in [-0.39, 0.29) is 6.23 Å². The van der Waals surface area contributed by atoms with Gasteiger partial charge in [0, 0.05) is 5.60 Å². The van der Waals surface area contributed by atoms with E-state index < -0.39 is 35.5 Å². The molecule has 7 nitrogen and oxygen atoms in total. The van der Waals surface area contributed by atoms with E-state index in [0.717, 1.165) is 0 Å². The number of hydrogen-bond donors (Lipinski definition) is 2. The van der Waals surface area contributed by atoms with Crippen LogP contribution >= 0.6 is 0 Å². The molecule has 1 rings (SSSR count). The van der Waals surface area contributed by atoms with Crippen molar-refractivity contribution < 1.29 is 43.3 Å². The molecule has 0 spiro atoms. The molecule has 1 unspecified atom stereocenters. The first kappa shape index (κ1) is 14.3. The van der Waals surface area contributed by atoms with E-state index in [4.69, 9.17) is 12.7 Å². The average Bonchev–Trinajstić information content (AvgIpc) is 2.23. The second-order valence-corrected chi connectivity index (χ2v) is 4.05. The Labute approximate surface area is 91.6 Å². The van der Waals surface area contributed by atoms with Gasteiger partial charge in [0.1, 0.15) is 0 Å². The van der Waals surface area contributed by atoms with Crippen LogP contribution in [0, 0.1) is 6.23 Å². The number of hydrogen-bond acceptors (Lipinski definition) is 6. The van der Waals surface area contributed by atoms with Crippen molar-refractivity contribution in [2.45, 2.75) is 25.9 Å². The van der Waals surface area contributed by atoms with E-state index in [0.29, 0.717) is 6.42 Å². The SMILES string of the molecule is CCC1(C)OS(=O)(=O)O[C-]1N.[O]=[Ti][OH]. The van der Waals surface area contributed by atoms with Crippen molar-refractivity contribution in [1.29, 1.82) is 0 Å². The van der Waals surface area contributed by atoms with Gasteiger partial charge in [-0.25, -0.2) is 0 Å². The molecule has 1 aliphatic heterocycles. The Morgan fingerprint density at radius 1 is 1.64 bits per heavy atom. The summed E-state index contributed by atoms with van der Waals surface area (Å²) in [6.45, 7) is 3.32. The Kier molecular flexibility index (Phi) is 5.52. The van der Waals surface area contributed by atoms with Crippen LogP contribution in [-0.4, -0.2) is 17.7 Å². The van der Waals surface area contributed by atoms with E-state index in [1.165, 1.54) is 0 Å². The Hall–Kier alpha value is 0.304. The molecule has 1 aliphatic rings. The molecule has 9 heteroatoms. The molecular formula is C5H11NO6STi-. The number of rotatable bonds is 1. The quantitative estimate of drug-likeness (QED) is 0.469. The molecule has 1 heterocycles. The van der Waals surface area contributed by atoms with Gasteiger partial charge >= 0.3 is 36.9 Å². The minimum atomic E-state index is -3.88. The molecule has 1 saturated heterocycles. The van der Waals surface area contributed by atoms with E-state index in [1.54, 1.807) is 13.8 Å². The van der Waals surface area contributed by atoms with Crippen molar-refractivity contribution >= 4 is 10.4 Å². The van der Waals surface area contributed by atoms with Gasteiger partial charge < -0.3 is 9.92 Å². The van der Waals surface area contributed by atoms with Crippen molar-refractivity contribution in [2.24, 2.45) is 5.73 Å². The van der Waals surface area contributed by atoms with Crippen LogP contribution in [0.3, 0.4) is 0 Å². The zero-order valence-electron chi connectivity index (χ0n) is 7.68. The Morgan fingerprint density at radius 3 is 2.21 bits per heavy atom. The molecule has 0 bridgehead atoms. The van der Waals surface area contributed by atoms with Gasteiger partial charge in [0.25, 0.3) is 0 Å². The Morgan fingerprint density at radius 2 is 2.07 bits per heavy atom. The van der Waals surface area contributed by atoms with Crippen molar-refractivity contribution in [1.82, 2.24) is 0 Å². The predicted octanol–water partition coefficient (Wildman–Crippen LogP) is -0.783. The standard InChI is InChI=1S/C5H10NO4S.H2O.O.Ti/c1-3-5(2)4(6)9-11(7,8)10-5;;;/h3,6H2,1-2H3;1H2;;/q-1;;;+1/p-1. The third-order valence-corrected chi connectivity index (χ3v) is 2.63. The molecule has 0 aromatic heterocycles. The first-order valence-corrected chi connectivity index (χ1v) is 6.27. The molecule has 0 saturated carbocycles. The molecule has 3 N–H and O–H groups in total. The van der Waals surface area contributed by atoms with Crippen LogP contribution in [-0.2, 0) is 41.6 Å². The van der Waals surface area contributed by atoms with E-state index >= 15 is 0 Å². The Bertz CT molecular complexity index is 293. The third kappa shape index (κ3) is 3.81. The summed E-state index contributed by atoms with van der Waals surface area (Å²) in [6, 6.07) is 0. The molecule has 0 aliphatic carbocycles. The predicted molar refractivity (Wildman–Crippen MR) is 40.1 cm³/mol. The summed E-state index contributed by atoms with van der Waals surface area (Å²) in [7, 11) is -3.88. The van der Waals surface area contributed by atoms with Gasteiger partial charge in [-0.3, -0.25) is 4.18 Å². The van der Waals surface area contributed by atoms with Crippen molar-refractivity contribution in [3.05, 3.63) is 6.23 Å². The van der Waals surface area contributed by atoms with Crippen LogP contribution in [0.1, 0.15) is 20.3 Å². The monoisotopic (exact) mass is 261 g/mol. The van der Waals surface area contributed by atoms with Crippen LogP contribution in [0.4, 0.5) is 0 Å². The van der Waals surface area contributed by atoms with Crippen molar-refractivity contribution in [2.75, 3.05) is 0 Å². The Balaban J connectivity index is 0.000000500. The van der Waals surface area contributed by atoms with Crippen molar-refractivity contribution in [3.63, 3.8) is 0 Å². The molecular weight excluding hydrogens is 250 g/mol.